The standard InChI is InChI=1S/C10H9ClN2OS/c1-14-9-3-2-7(11)6-8(9)13-5-4-12-10(13)15/h2-6H,1H3,(H,12,15). The predicted octanol–water partition coefficient (Wildman–Crippen LogP) is 3.20. The first-order valence-corrected chi connectivity index (χ1v) is 5.11. The van der Waals surface area contributed by atoms with Gasteiger partial charge in [-0.15, -0.1) is 0 Å². The van der Waals surface area contributed by atoms with Crippen LogP contribution >= 0.6 is 23.8 Å². The van der Waals surface area contributed by atoms with Crippen LogP contribution in [0.15, 0.2) is 30.6 Å². The molecule has 15 heavy (non-hydrogen) atoms. The Morgan fingerprint density at radius 3 is 2.87 bits per heavy atom. The number of methoxy groups -OCH3 is 1. The molecule has 2 rings (SSSR count). The summed E-state index contributed by atoms with van der Waals surface area (Å²) in [6.45, 7) is 0. The maximum absolute atomic E-state index is 5.93. The Morgan fingerprint density at radius 1 is 1.47 bits per heavy atom. The summed E-state index contributed by atoms with van der Waals surface area (Å²) in [5.41, 5.74) is 0.830. The number of hydrogen-bond acceptors (Lipinski definition) is 2. The van der Waals surface area contributed by atoms with Crippen molar-refractivity contribution in [2.45, 2.75) is 0 Å². The van der Waals surface area contributed by atoms with Crippen molar-refractivity contribution in [3.63, 3.8) is 0 Å². The summed E-state index contributed by atoms with van der Waals surface area (Å²) in [6, 6.07) is 5.40. The van der Waals surface area contributed by atoms with Crippen molar-refractivity contribution in [1.29, 1.82) is 0 Å². The molecule has 0 fully saturated rings. The molecular formula is C10H9ClN2OS. The van der Waals surface area contributed by atoms with Crippen LogP contribution in [-0.4, -0.2) is 16.7 Å². The van der Waals surface area contributed by atoms with Crippen molar-refractivity contribution in [2.24, 2.45) is 0 Å². The molecule has 0 aliphatic rings. The average molecular weight is 241 g/mol. The van der Waals surface area contributed by atoms with Crippen LogP contribution in [0.1, 0.15) is 0 Å². The SMILES string of the molecule is COc1ccc(Cl)cc1-n1cc[nH]c1=S. The van der Waals surface area contributed by atoms with Crippen molar-refractivity contribution in [3.8, 4) is 11.4 Å². The molecule has 1 aromatic carbocycles. The molecule has 0 aliphatic heterocycles. The highest BCUT2D eigenvalue weighted by Crippen LogP contribution is 2.26. The van der Waals surface area contributed by atoms with E-state index >= 15 is 0 Å². The number of halogens is 1. The van der Waals surface area contributed by atoms with Crippen LogP contribution in [0.25, 0.3) is 5.69 Å². The lowest BCUT2D eigenvalue weighted by Crippen LogP contribution is -1.96. The highest BCUT2D eigenvalue weighted by atomic mass is 35.5. The third kappa shape index (κ3) is 1.91. The molecule has 5 heteroatoms. The molecule has 1 N–H and O–H groups in total. The summed E-state index contributed by atoms with van der Waals surface area (Å²) in [5.74, 6) is 0.732. The first kappa shape index (κ1) is 10.3. The molecule has 2 aromatic rings. The van der Waals surface area contributed by atoms with Crippen LogP contribution in [0.4, 0.5) is 0 Å². The van der Waals surface area contributed by atoms with Gasteiger partial charge >= 0.3 is 0 Å². The zero-order valence-electron chi connectivity index (χ0n) is 8.03. The first-order chi connectivity index (χ1) is 7.22. The van der Waals surface area contributed by atoms with E-state index in [9.17, 15) is 0 Å². The predicted molar refractivity (Wildman–Crippen MR) is 62.5 cm³/mol. The van der Waals surface area contributed by atoms with Gasteiger partial charge in [-0.05, 0) is 30.4 Å². The fourth-order valence-corrected chi connectivity index (χ4v) is 1.76. The minimum atomic E-state index is 0.607. The van der Waals surface area contributed by atoms with Crippen LogP contribution in [-0.2, 0) is 0 Å². The minimum absolute atomic E-state index is 0.607. The van der Waals surface area contributed by atoms with E-state index in [0.29, 0.717) is 9.79 Å². The van der Waals surface area contributed by atoms with Crippen LogP contribution in [0.3, 0.4) is 0 Å². The van der Waals surface area contributed by atoms with E-state index in [1.165, 1.54) is 0 Å². The zero-order chi connectivity index (χ0) is 10.8. The lowest BCUT2D eigenvalue weighted by molar-refractivity contribution is 0.413. The average Bonchev–Trinajstić information content (AvgIpc) is 2.64. The van der Waals surface area contributed by atoms with Gasteiger partial charge in [0.25, 0.3) is 0 Å². The maximum Gasteiger partial charge on any atom is 0.181 e. The Kier molecular flexibility index (Phi) is 2.79. The Labute approximate surface area is 97.3 Å². The topological polar surface area (TPSA) is 29.9 Å². The second-order valence-electron chi connectivity index (χ2n) is 2.95. The monoisotopic (exact) mass is 240 g/mol. The smallest absolute Gasteiger partial charge is 0.181 e. The van der Waals surface area contributed by atoms with E-state index in [1.807, 2.05) is 18.3 Å². The highest BCUT2D eigenvalue weighted by Gasteiger charge is 2.06. The minimum Gasteiger partial charge on any atom is -0.495 e. The van der Waals surface area contributed by atoms with Gasteiger partial charge in [0.2, 0.25) is 0 Å². The molecule has 0 aliphatic carbocycles. The Balaban J connectivity index is 2.66. The van der Waals surface area contributed by atoms with Crippen molar-refractivity contribution in [2.75, 3.05) is 7.11 Å². The molecule has 1 heterocycles. The molecule has 3 nitrogen and oxygen atoms in total. The third-order valence-corrected chi connectivity index (χ3v) is 2.60. The number of ether oxygens (including phenoxy) is 1. The van der Waals surface area contributed by atoms with Gasteiger partial charge in [0.05, 0.1) is 12.8 Å². The summed E-state index contributed by atoms with van der Waals surface area (Å²) >= 11 is 11.1. The van der Waals surface area contributed by atoms with Crippen molar-refractivity contribution in [3.05, 3.63) is 40.4 Å². The normalized spacial score (nSPS) is 10.3. The Bertz CT molecular complexity index is 532. The number of nitrogens with zero attached hydrogens (tertiary/aromatic N) is 1. The number of imidazole rings is 1. The van der Waals surface area contributed by atoms with Gasteiger partial charge in [0, 0.05) is 17.4 Å². The van der Waals surface area contributed by atoms with Gasteiger partial charge in [0.15, 0.2) is 4.77 Å². The number of aromatic amines is 1. The number of H-pyrrole nitrogens is 1. The second kappa shape index (κ2) is 4.08. The number of nitrogens with one attached hydrogen (secondary N) is 1. The lowest BCUT2D eigenvalue weighted by Gasteiger charge is -2.09. The molecule has 0 atom stereocenters. The molecule has 0 unspecified atom stereocenters. The quantitative estimate of drug-likeness (QED) is 0.817. The number of benzene rings is 1. The molecule has 0 saturated heterocycles. The van der Waals surface area contributed by atoms with Crippen LogP contribution in [0.5, 0.6) is 5.75 Å². The molecular weight excluding hydrogens is 232 g/mol. The van der Waals surface area contributed by atoms with Gasteiger partial charge in [-0.3, -0.25) is 4.57 Å². The van der Waals surface area contributed by atoms with Crippen LogP contribution in [0, 0.1) is 4.77 Å². The molecule has 1 aromatic heterocycles. The molecule has 0 saturated carbocycles. The third-order valence-electron chi connectivity index (χ3n) is 2.05. The first-order valence-electron chi connectivity index (χ1n) is 4.32. The summed E-state index contributed by atoms with van der Waals surface area (Å²) in [4.78, 5) is 2.92. The van der Waals surface area contributed by atoms with Gasteiger partial charge in [-0.1, -0.05) is 11.6 Å². The summed E-state index contributed by atoms with van der Waals surface area (Å²) < 4.78 is 7.65. The molecule has 0 radical (unpaired) electrons. The maximum atomic E-state index is 5.93. The number of aromatic nitrogens is 2. The van der Waals surface area contributed by atoms with E-state index in [1.54, 1.807) is 23.9 Å². The molecule has 0 spiro atoms. The van der Waals surface area contributed by atoms with E-state index < -0.39 is 0 Å². The van der Waals surface area contributed by atoms with Crippen LogP contribution in [0.2, 0.25) is 5.02 Å². The van der Waals surface area contributed by atoms with Crippen LogP contribution < -0.4 is 4.74 Å². The number of rotatable bonds is 2. The Hall–Kier alpha value is -1.26. The lowest BCUT2D eigenvalue weighted by atomic mass is 10.3. The molecule has 0 bridgehead atoms. The van der Waals surface area contributed by atoms with Gasteiger partial charge in [0.1, 0.15) is 5.75 Å². The largest absolute Gasteiger partial charge is 0.495 e. The van der Waals surface area contributed by atoms with Gasteiger partial charge in [-0.25, -0.2) is 0 Å². The van der Waals surface area contributed by atoms with E-state index in [0.717, 1.165) is 11.4 Å². The van der Waals surface area contributed by atoms with E-state index in [2.05, 4.69) is 4.98 Å². The van der Waals surface area contributed by atoms with E-state index in [4.69, 9.17) is 28.6 Å². The zero-order valence-corrected chi connectivity index (χ0v) is 9.60. The second-order valence-corrected chi connectivity index (χ2v) is 3.77. The van der Waals surface area contributed by atoms with E-state index in [-0.39, 0.29) is 0 Å². The summed E-state index contributed by atoms with van der Waals surface area (Å²) in [6.07, 6.45) is 3.60. The number of hydrogen-bond donors (Lipinski definition) is 1. The fraction of sp³-hybridized carbons (Fsp3) is 0.100. The van der Waals surface area contributed by atoms with Gasteiger partial charge in [-0.2, -0.15) is 0 Å². The Morgan fingerprint density at radius 2 is 2.27 bits per heavy atom. The molecule has 78 valence electrons. The molecule has 0 amide bonds. The summed E-state index contributed by atoms with van der Waals surface area (Å²) in [5, 5.41) is 0.647. The highest BCUT2D eigenvalue weighted by molar-refractivity contribution is 7.71. The van der Waals surface area contributed by atoms with Gasteiger partial charge < -0.3 is 9.72 Å². The summed E-state index contributed by atoms with van der Waals surface area (Å²) in [7, 11) is 1.61. The van der Waals surface area contributed by atoms with Crippen molar-refractivity contribution < 1.29 is 4.74 Å². The fourth-order valence-electron chi connectivity index (χ4n) is 1.36. The van der Waals surface area contributed by atoms with Crippen molar-refractivity contribution in [1.82, 2.24) is 9.55 Å². The van der Waals surface area contributed by atoms with Crippen molar-refractivity contribution >= 4 is 23.8 Å².